The van der Waals surface area contributed by atoms with Gasteiger partial charge < -0.3 is 10.1 Å². The first kappa shape index (κ1) is 12.6. The fourth-order valence-corrected chi connectivity index (χ4v) is 1.32. The Morgan fingerprint density at radius 2 is 2.19 bits per heavy atom. The highest BCUT2D eigenvalue weighted by atomic mass is 79.9. The summed E-state index contributed by atoms with van der Waals surface area (Å²) in [6.45, 7) is 1.66. The SMILES string of the molecule is CCOC(=O)C(=O)Nc1cc(Br)ccc1F. The molecule has 0 spiro atoms. The Kier molecular flexibility index (Phi) is 4.42. The molecule has 4 nitrogen and oxygen atoms in total. The minimum Gasteiger partial charge on any atom is -0.459 e. The van der Waals surface area contributed by atoms with Crippen LogP contribution in [0.4, 0.5) is 10.1 Å². The van der Waals surface area contributed by atoms with Gasteiger partial charge in [0, 0.05) is 4.47 Å². The van der Waals surface area contributed by atoms with Crippen molar-refractivity contribution in [2.75, 3.05) is 11.9 Å². The smallest absolute Gasteiger partial charge is 0.397 e. The number of benzene rings is 1. The zero-order chi connectivity index (χ0) is 12.1. The summed E-state index contributed by atoms with van der Waals surface area (Å²) in [6.07, 6.45) is 0. The first-order valence-corrected chi connectivity index (χ1v) is 5.27. The van der Waals surface area contributed by atoms with E-state index < -0.39 is 17.7 Å². The van der Waals surface area contributed by atoms with Crippen LogP contribution in [0.25, 0.3) is 0 Å². The molecular weight excluding hydrogens is 281 g/mol. The van der Waals surface area contributed by atoms with Gasteiger partial charge >= 0.3 is 11.9 Å². The van der Waals surface area contributed by atoms with Crippen LogP contribution in [0.3, 0.4) is 0 Å². The van der Waals surface area contributed by atoms with Crippen LogP contribution in [0.15, 0.2) is 22.7 Å². The Hall–Kier alpha value is -1.43. The molecule has 1 N–H and O–H groups in total. The van der Waals surface area contributed by atoms with Crippen molar-refractivity contribution in [3.05, 3.63) is 28.5 Å². The van der Waals surface area contributed by atoms with E-state index in [2.05, 4.69) is 26.0 Å². The van der Waals surface area contributed by atoms with E-state index in [-0.39, 0.29) is 12.3 Å². The van der Waals surface area contributed by atoms with Crippen LogP contribution in [0.2, 0.25) is 0 Å². The molecule has 0 aliphatic carbocycles. The largest absolute Gasteiger partial charge is 0.459 e. The monoisotopic (exact) mass is 289 g/mol. The maximum Gasteiger partial charge on any atom is 0.397 e. The van der Waals surface area contributed by atoms with E-state index in [0.717, 1.165) is 0 Å². The molecule has 0 atom stereocenters. The lowest BCUT2D eigenvalue weighted by Gasteiger charge is -2.05. The maximum absolute atomic E-state index is 13.2. The molecular formula is C10H9BrFNO3. The highest BCUT2D eigenvalue weighted by Gasteiger charge is 2.16. The van der Waals surface area contributed by atoms with Gasteiger partial charge in [0.25, 0.3) is 0 Å². The first-order valence-electron chi connectivity index (χ1n) is 4.47. The number of rotatable bonds is 2. The van der Waals surface area contributed by atoms with Gasteiger partial charge in [0.1, 0.15) is 5.82 Å². The number of hydrogen-bond acceptors (Lipinski definition) is 3. The number of ether oxygens (including phenoxy) is 1. The molecule has 0 aromatic heterocycles. The molecule has 0 saturated heterocycles. The second kappa shape index (κ2) is 5.60. The molecule has 0 radical (unpaired) electrons. The molecule has 0 unspecified atom stereocenters. The van der Waals surface area contributed by atoms with Gasteiger partial charge in [-0.2, -0.15) is 0 Å². The quantitative estimate of drug-likeness (QED) is 0.670. The van der Waals surface area contributed by atoms with Gasteiger partial charge in [-0.3, -0.25) is 4.79 Å². The topological polar surface area (TPSA) is 55.4 Å². The molecule has 1 rings (SSSR count). The van der Waals surface area contributed by atoms with Crippen LogP contribution in [0, 0.1) is 5.82 Å². The van der Waals surface area contributed by atoms with Crippen molar-refractivity contribution < 1.29 is 18.7 Å². The highest BCUT2D eigenvalue weighted by molar-refractivity contribution is 9.10. The van der Waals surface area contributed by atoms with Crippen molar-refractivity contribution in [3.8, 4) is 0 Å². The summed E-state index contributed by atoms with van der Waals surface area (Å²) in [5.41, 5.74) is -0.0765. The zero-order valence-corrected chi connectivity index (χ0v) is 10.0. The first-order chi connectivity index (χ1) is 7.54. The number of hydrogen-bond donors (Lipinski definition) is 1. The molecule has 0 fully saturated rings. The summed E-state index contributed by atoms with van der Waals surface area (Å²) in [5, 5.41) is 2.12. The van der Waals surface area contributed by atoms with Crippen LogP contribution in [0.1, 0.15) is 6.92 Å². The Morgan fingerprint density at radius 3 is 2.81 bits per heavy atom. The maximum atomic E-state index is 13.2. The van der Waals surface area contributed by atoms with E-state index in [4.69, 9.17) is 0 Å². The van der Waals surface area contributed by atoms with Gasteiger partial charge in [-0.1, -0.05) is 15.9 Å². The molecule has 1 aromatic carbocycles. The highest BCUT2D eigenvalue weighted by Crippen LogP contribution is 2.19. The molecule has 16 heavy (non-hydrogen) atoms. The summed E-state index contributed by atoms with van der Waals surface area (Å²) in [5.74, 6) is -2.67. The number of halogens is 2. The summed E-state index contributed by atoms with van der Waals surface area (Å²) in [6, 6.07) is 4.01. The Balaban J connectivity index is 2.76. The molecule has 1 amide bonds. The van der Waals surface area contributed by atoms with Crippen molar-refractivity contribution in [3.63, 3.8) is 0 Å². The normalized spacial score (nSPS) is 9.69. The number of nitrogens with one attached hydrogen (secondary N) is 1. The second-order valence-corrected chi connectivity index (χ2v) is 3.71. The van der Waals surface area contributed by atoms with Crippen LogP contribution in [-0.4, -0.2) is 18.5 Å². The number of amides is 1. The standard InChI is InChI=1S/C10H9BrFNO3/c1-2-16-10(15)9(14)13-8-5-6(11)3-4-7(8)12/h3-5H,2H2,1H3,(H,13,14). The fourth-order valence-electron chi connectivity index (χ4n) is 0.963. The third-order valence-corrected chi connectivity index (χ3v) is 2.13. The zero-order valence-electron chi connectivity index (χ0n) is 8.42. The average Bonchev–Trinajstić information content (AvgIpc) is 2.23. The summed E-state index contributed by atoms with van der Waals surface area (Å²) in [7, 11) is 0. The lowest BCUT2D eigenvalue weighted by atomic mass is 10.3. The van der Waals surface area contributed by atoms with Gasteiger partial charge in [0.05, 0.1) is 12.3 Å². The lowest BCUT2D eigenvalue weighted by Crippen LogP contribution is -2.25. The minimum absolute atomic E-state index is 0.0765. The van der Waals surface area contributed by atoms with Gasteiger partial charge in [0.15, 0.2) is 0 Å². The van der Waals surface area contributed by atoms with Gasteiger partial charge in [0.2, 0.25) is 0 Å². The Bertz CT molecular complexity index is 423. The summed E-state index contributed by atoms with van der Waals surface area (Å²) in [4.78, 5) is 22.2. The van der Waals surface area contributed by atoms with Crippen LogP contribution >= 0.6 is 15.9 Å². The van der Waals surface area contributed by atoms with Gasteiger partial charge in [-0.05, 0) is 25.1 Å². The van der Waals surface area contributed by atoms with Gasteiger partial charge in [-0.15, -0.1) is 0 Å². The van der Waals surface area contributed by atoms with Crippen LogP contribution in [-0.2, 0) is 14.3 Å². The molecule has 0 aliphatic heterocycles. The number of carbonyl (C=O) groups is 2. The van der Waals surface area contributed by atoms with Crippen molar-refractivity contribution in [2.45, 2.75) is 6.92 Å². The third-order valence-electron chi connectivity index (χ3n) is 1.64. The van der Waals surface area contributed by atoms with Crippen LogP contribution < -0.4 is 5.32 Å². The Labute approximate surface area is 99.9 Å². The van der Waals surface area contributed by atoms with Gasteiger partial charge in [-0.25, -0.2) is 9.18 Å². The molecule has 1 aromatic rings. The van der Waals surface area contributed by atoms with Crippen molar-refractivity contribution in [2.24, 2.45) is 0 Å². The molecule has 0 aliphatic rings. The predicted molar refractivity (Wildman–Crippen MR) is 59.4 cm³/mol. The number of esters is 1. The second-order valence-electron chi connectivity index (χ2n) is 2.80. The fraction of sp³-hybridized carbons (Fsp3) is 0.200. The van der Waals surface area contributed by atoms with Crippen LogP contribution in [0.5, 0.6) is 0 Å². The van der Waals surface area contributed by atoms with Crippen molar-refractivity contribution in [1.29, 1.82) is 0 Å². The van der Waals surface area contributed by atoms with E-state index >= 15 is 0 Å². The number of anilines is 1. The predicted octanol–water partition coefficient (Wildman–Crippen LogP) is 2.09. The average molecular weight is 290 g/mol. The van der Waals surface area contributed by atoms with E-state index in [1.165, 1.54) is 18.2 Å². The minimum atomic E-state index is -1.04. The summed E-state index contributed by atoms with van der Waals surface area (Å²) < 4.78 is 18.2. The van der Waals surface area contributed by atoms with E-state index in [0.29, 0.717) is 4.47 Å². The molecule has 0 bridgehead atoms. The summed E-state index contributed by atoms with van der Waals surface area (Å²) >= 11 is 3.12. The molecule has 0 heterocycles. The molecule has 86 valence electrons. The molecule has 0 saturated carbocycles. The number of carbonyl (C=O) groups excluding carboxylic acids is 2. The molecule has 6 heteroatoms. The van der Waals surface area contributed by atoms with Crippen molar-refractivity contribution >= 4 is 33.5 Å². The lowest BCUT2D eigenvalue weighted by molar-refractivity contribution is -0.152. The van der Waals surface area contributed by atoms with E-state index in [9.17, 15) is 14.0 Å². The third kappa shape index (κ3) is 3.30. The van der Waals surface area contributed by atoms with E-state index in [1.54, 1.807) is 6.92 Å². The van der Waals surface area contributed by atoms with Crippen molar-refractivity contribution in [1.82, 2.24) is 0 Å². The van der Waals surface area contributed by atoms with E-state index in [1.807, 2.05) is 0 Å². The Morgan fingerprint density at radius 1 is 1.50 bits per heavy atom.